The molecule has 0 aromatic carbocycles. The van der Waals surface area contributed by atoms with Crippen LogP contribution in [-0.2, 0) is 12.8 Å². The standard InChI is InChI=1S/C13H17N3O/c17-12(16-7-13(8-16)5-2-6-13)11-9-3-1-4-10(9)14-15-11/h1-8H2,(H,14,15). The Morgan fingerprint density at radius 2 is 2.06 bits per heavy atom. The summed E-state index contributed by atoms with van der Waals surface area (Å²) in [7, 11) is 0. The minimum Gasteiger partial charge on any atom is -0.336 e. The molecule has 4 heteroatoms. The van der Waals surface area contributed by atoms with Crippen molar-refractivity contribution in [3.05, 3.63) is 17.0 Å². The molecule has 4 nitrogen and oxygen atoms in total. The average molecular weight is 231 g/mol. The lowest BCUT2D eigenvalue weighted by Crippen LogP contribution is -2.61. The van der Waals surface area contributed by atoms with Gasteiger partial charge in [-0.25, -0.2) is 0 Å². The molecule has 1 spiro atoms. The van der Waals surface area contributed by atoms with Crippen LogP contribution in [-0.4, -0.2) is 34.1 Å². The molecule has 2 aliphatic carbocycles. The van der Waals surface area contributed by atoms with E-state index in [2.05, 4.69) is 10.2 Å². The summed E-state index contributed by atoms with van der Waals surface area (Å²) in [5, 5.41) is 7.24. The van der Waals surface area contributed by atoms with Crippen LogP contribution < -0.4 is 0 Å². The molecule has 0 bridgehead atoms. The number of likely N-dealkylation sites (tertiary alicyclic amines) is 1. The lowest BCUT2D eigenvalue weighted by Gasteiger charge is -2.55. The summed E-state index contributed by atoms with van der Waals surface area (Å²) < 4.78 is 0. The van der Waals surface area contributed by atoms with Crippen LogP contribution in [0.5, 0.6) is 0 Å². The summed E-state index contributed by atoms with van der Waals surface area (Å²) in [6, 6.07) is 0. The smallest absolute Gasteiger partial charge is 0.274 e. The molecule has 0 atom stereocenters. The van der Waals surface area contributed by atoms with E-state index in [0.717, 1.165) is 32.4 Å². The van der Waals surface area contributed by atoms with E-state index in [4.69, 9.17) is 0 Å². The van der Waals surface area contributed by atoms with Crippen molar-refractivity contribution < 1.29 is 4.79 Å². The molecular formula is C13H17N3O. The third-order valence-electron chi connectivity index (χ3n) is 4.76. The van der Waals surface area contributed by atoms with Crippen LogP contribution in [0.3, 0.4) is 0 Å². The number of carbonyl (C=O) groups excluding carboxylic acids is 1. The summed E-state index contributed by atoms with van der Waals surface area (Å²) in [6.45, 7) is 1.93. The second kappa shape index (κ2) is 3.12. The first-order valence-electron chi connectivity index (χ1n) is 6.63. The van der Waals surface area contributed by atoms with Crippen molar-refractivity contribution in [2.45, 2.75) is 38.5 Å². The van der Waals surface area contributed by atoms with Crippen molar-refractivity contribution >= 4 is 5.91 Å². The van der Waals surface area contributed by atoms with Crippen molar-refractivity contribution in [3.8, 4) is 0 Å². The summed E-state index contributed by atoms with van der Waals surface area (Å²) >= 11 is 0. The van der Waals surface area contributed by atoms with Gasteiger partial charge in [-0.15, -0.1) is 0 Å². The Balaban J connectivity index is 1.53. The van der Waals surface area contributed by atoms with E-state index in [1.54, 1.807) is 0 Å². The van der Waals surface area contributed by atoms with Crippen LogP contribution in [0.15, 0.2) is 0 Å². The fourth-order valence-electron chi connectivity index (χ4n) is 3.55. The predicted molar refractivity (Wildman–Crippen MR) is 62.8 cm³/mol. The maximum atomic E-state index is 12.3. The number of amides is 1. The van der Waals surface area contributed by atoms with Gasteiger partial charge in [0, 0.05) is 29.8 Å². The minimum absolute atomic E-state index is 0.155. The van der Waals surface area contributed by atoms with Crippen LogP contribution >= 0.6 is 0 Å². The van der Waals surface area contributed by atoms with Gasteiger partial charge in [0.2, 0.25) is 0 Å². The van der Waals surface area contributed by atoms with Gasteiger partial charge in [0.1, 0.15) is 0 Å². The van der Waals surface area contributed by atoms with Crippen LogP contribution in [0, 0.1) is 5.41 Å². The maximum absolute atomic E-state index is 12.3. The number of aromatic amines is 1. The molecule has 0 unspecified atom stereocenters. The van der Waals surface area contributed by atoms with E-state index < -0.39 is 0 Å². The van der Waals surface area contributed by atoms with Crippen molar-refractivity contribution in [1.82, 2.24) is 15.1 Å². The summed E-state index contributed by atoms with van der Waals surface area (Å²) in [5.74, 6) is 0.155. The highest BCUT2D eigenvalue weighted by atomic mass is 16.2. The van der Waals surface area contributed by atoms with E-state index in [1.165, 1.54) is 30.5 Å². The van der Waals surface area contributed by atoms with Gasteiger partial charge >= 0.3 is 0 Å². The van der Waals surface area contributed by atoms with Crippen LogP contribution in [0.4, 0.5) is 0 Å². The predicted octanol–water partition coefficient (Wildman–Crippen LogP) is 1.52. The van der Waals surface area contributed by atoms with Gasteiger partial charge < -0.3 is 4.90 Å². The molecule has 1 aromatic rings. The van der Waals surface area contributed by atoms with Gasteiger partial charge in [-0.2, -0.15) is 5.10 Å². The van der Waals surface area contributed by atoms with Gasteiger partial charge in [0.15, 0.2) is 5.69 Å². The zero-order chi connectivity index (χ0) is 11.5. The Hall–Kier alpha value is -1.32. The van der Waals surface area contributed by atoms with Crippen LogP contribution in [0.2, 0.25) is 0 Å². The summed E-state index contributed by atoms with van der Waals surface area (Å²) in [6.07, 6.45) is 7.21. The van der Waals surface area contributed by atoms with E-state index in [1.807, 2.05) is 4.90 Å². The molecule has 1 N–H and O–H groups in total. The third kappa shape index (κ3) is 1.24. The Labute approximate surface area is 100 Å². The van der Waals surface area contributed by atoms with E-state index in [0.29, 0.717) is 11.1 Å². The number of aromatic nitrogens is 2. The number of nitrogens with one attached hydrogen (secondary N) is 1. The first-order chi connectivity index (χ1) is 8.27. The average Bonchev–Trinajstić information content (AvgIpc) is 2.72. The Morgan fingerprint density at radius 1 is 1.24 bits per heavy atom. The number of rotatable bonds is 1. The SMILES string of the molecule is O=C(c1n[nH]c2c1CCC2)N1CC2(CCC2)C1. The van der Waals surface area contributed by atoms with Gasteiger partial charge in [-0.1, -0.05) is 6.42 Å². The molecule has 2 fully saturated rings. The second-order valence-electron chi connectivity index (χ2n) is 5.90. The monoisotopic (exact) mass is 231 g/mol. The fourth-order valence-corrected chi connectivity index (χ4v) is 3.55. The van der Waals surface area contributed by atoms with Crippen molar-refractivity contribution in [2.24, 2.45) is 5.41 Å². The number of hydrogen-bond donors (Lipinski definition) is 1. The first kappa shape index (κ1) is 9.68. The third-order valence-corrected chi connectivity index (χ3v) is 4.76. The zero-order valence-corrected chi connectivity index (χ0v) is 9.96. The highest BCUT2D eigenvalue weighted by Crippen LogP contribution is 2.48. The largest absolute Gasteiger partial charge is 0.336 e. The zero-order valence-electron chi connectivity index (χ0n) is 9.96. The lowest BCUT2D eigenvalue weighted by atomic mass is 9.63. The summed E-state index contributed by atoms with van der Waals surface area (Å²) in [4.78, 5) is 14.3. The van der Waals surface area contributed by atoms with Crippen molar-refractivity contribution in [3.63, 3.8) is 0 Å². The molecule has 1 amide bonds. The number of hydrogen-bond acceptors (Lipinski definition) is 2. The number of H-pyrrole nitrogens is 1. The fraction of sp³-hybridized carbons (Fsp3) is 0.692. The van der Waals surface area contributed by atoms with E-state index >= 15 is 0 Å². The van der Waals surface area contributed by atoms with Crippen molar-refractivity contribution in [1.29, 1.82) is 0 Å². The van der Waals surface area contributed by atoms with Crippen LogP contribution in [0.1, 0.15) is 47.4 Å². The molecule has 4 rings (SSSR count). The normalized spacial score (nSPS) is 24.4. The molecule has 1 aromatic heterocycles. The minimum atomic E-state index is 0.155. The Kier molecular flexibility index (Phi) is 1.78. The summed E-state index contributed by atoms with van der Waals surface area (Å²) in [5.41, 5.74) is 3.58. The highest BCUT2D eigenvalue weighted by Gasteiger charge is 2.49. The topological polar surface area (TPSA) is 49.0 Å². The number of carbonyl (C=O) groups is 1. The molecule has 2 heterocycles. The highest BCUT2D eigenvalue weighted by molar-refractivity contribution is 5.94. The van der Waals surface area contributed by atoms with E-state index in [-0.39, 0.29) is 5.91 Å². The van der Waals surface area contributed by atoms with Crippen LogP contribution in [0.25, 0.3) is 0 Å². The maximum Gasteiger partial charge on any atom is 0.274 e. The van der Waals surface area contributed by atoms with Gasteiger partial charge in [-0.3, -0.25) is 9.89 Å². The van der Waals surface area contributed by atoms with E-state index in [9.17, 15) is 4.79 Å². The molecule has 1 saturated carbocycles. The molecule has 1 aliphatic heterocycles. The van der Waals surface area contributed by atoms with Gasteiger partial charge in [-0.05, 0) is 32.1 Å². The number of nitrogens with zero attached hydrogens (tertiary/aromatic N) is 2. The molecule has 1 saturated heterocycles. The first-order valence-corrected chi connectivity index (χ1v) is 6.63. The van der Waals surface area contributed by atoms with Crippen molar-refractivity contribution in [2.75, 3.05) is 13.1 Å². The lowest BCUT2D eigenvalue weighted by molar-refractivity contribution is -0.0429. The molecule has 90 valence electrons. The Bertz CT molecular complexity index is 479. The molecule has 0 radical (unpaired) electrons. The van der Waals surface area contributed by atoms with Gasteiger partial charge in [0.25, 0.3) is 5.91 Å². The second-order valence-corrected chi connectivity index (χ2v) is 5.90. The van der Waals surface area contributed by atoms with Gasteiger partial charge in [0.05, 0.1) is 0 Å². The number of fused-ring (bicyclic) bond motifs is 1. The number of aryl methyl sites for hydroxylation is 1. The molecule has 17 heavy (non-hydrogen) atoms. The molecule has 3 aliphatic rings. The molecular weight excluding hydrogens is 214 g/mol. The quantitative estimate of drug-likeness (QED) is 0.796. The Morgan fingerprint density at radius 3 is 2.76 bits per heavy atom.